The second-order valence-corrected chi connectivity index (χ2v) is 10.1. The first-order valence-electron chi connectivity index (χ1n) is 11.7. The van der Waals surface area contributed by atoms with Crippen molar-refractivity contribution >= 4 is 39.2 Å². The van der Waals surface area contributed by atoms with Crippen molar-refractivity contribution in [1.82, 2.24) is 29.0 Å². The Bertz CT molecular complexity index is 1740. The molecule has 2 N–H and O–H groups in total. The van der Waals surface area contributed by atoms with Crippen LogP contribution in [0.15, 0.2) is 48.9 Å². The molecule has 1 amide bonds. The van der Waals surface area contributed by atoms with Gasteiger partial charge < -0.3 is 15.0 Å². The van der Waals surface area contributed by atoms with Crippen LogP contribution < -0.4 is 5.73 Å². The summed E-state index contributed by atoms with van der Waals surface area (Å²) in [5.41, 5.74) is 7.70. The van der Waals surface area contributed by atoms with E-state index in [0.717, 1.165) is 5.65 Å². The van der Waals surface area contributed by atoms with Crippen LogP contribution in [0.1, 0.15) is 35.3 Å². The Kier molecular flexibility index (Phi) is 3.92. The summed E-state index contributed by atoms with van der Waals surface area (Å²) < 4.78 is 19.0. The molecule has 4 aromatic heterocycles. The standard InChI is InChI=1S/C26H21FN8O/c1-33-22-17-6-16(19(27)7-20(17)32-23(29)18(22)8-30-33)24(36)35(26-11-25(12-26,13-26)14-28)10-15-9-34-5-3-2-4-21(34)31-15/h2-9H,10-13H2,1H3,(H2,29,32). The second kappa shape index (κ2) is 6.79. The monoisotopic (exact) mass is 480 g/mol. The number of nitriles is 1. The molecule has 3 aliphatic carbocycles. The summed E-state index contributed by atoms with van der Waals surface area (Å²) in [6.45, 7) is 0.223. The number of imidazole rings is 1. The highest BCUT2D eigenvalue weighted by Crippen LogP contribution is 2.69. The average molecular weight is 481 g/mol. The summed E-state index contributed by atoms with van der Waals surface area (Å²) in [6.07, 6.45) is 7.16. The molecule has 5 aromatic rings. The van der Waals surface area contributed by atoms with E-state index in [0.29, 0.717) is 46.8 Å². The Morgan fingerprint density at radius 2 is 2.06 bits per heavy atom. The van der Waals surface area contributed by atoms with Gasteiger partial charge in [-0.25, -0.2) is 14.4 Å². The predicted molar refractivity (Wildman–Crippen MR) is 130 cm³/mol. The molecule has 0 unspecified atom stereocenters. The smallest absolute Gasteiger partial charge is 0.257 e. The van der Waals surface area contributed by atoms with Crippen molar-refractivity contribution in [2.45, 2.75) is 31.3 Å². The Morgan fingerprint density at radius 3 is 2.81 bits per heavy atom. The number of fused-ring (bicyclic) bond motifs is 4. The van der Waals surface area contributed by atoms with E-state index < -0.39 is 17.3 Å². The van der Waals surface area contributed by atoms with Gasteiger partial charge in [0, 0.05) is 36.4 Å². The van der Waals surface area contributed by atoms with Crippen LogP contribution in [0.4, 0.5) is 10.2 Å². The van der Waals surface area contributed by atoms with Crippen LogP contribution in [-0.2, 0) is 13.6 Å². The molecule has 0 spiro atoms. The molecule has 0 saturated heterocycles. The van der Waals surface area contributed by atoms with Crippen molar-refractivity contribution in [2.75, 3.05) is 5.73 Å². The highest BCUT2D eigenvalue weighted by molar-refractivity contribution is 6.10. The molecule has 0 aliphatic heterocycles. The number of nitrogen functional groups attached to an aromatic ring is 1. The van der Waals surface area contributed by atoms with Crippen LogP contribution in [0.2, 0.25) is 0 Å². The number of amides is 1. The predicted octanol–water partition coefficient (Wildman–Crippen LogP) is 3.58. The zero-order valence-electron chi connectivity index (χ0n) is 19.4. The van der Waals surface area contributed by atoms with Gasteiger partial charge in [0.1, 0.15) is 17.3 Å². The number of benzene rings is 1. The zero-order valence-corrected chi connectivity index (χ0v) is 19.4. The molecule has 1 aromatic carbocycles. The molecule has 4 heterocycles. The number of nitrogens with zero attached hydrogens (tertiary/aromatic N) is 7. The van der Waals surface area contributed by atoms with Crippen LogP contribution in [0.3, 0.4) is 0 Å². The first-order valence-corrected chi connectivity index (χ1v) is 11.7. The lowest BCUT2D eigenvalue weighted by Crippen LogP contribution is -2.74. The third-order valence-electron chi connectivity index (χ3n) is 7.82. The van der Waals surface area contributed by atoms with E-state index in [1.165, 1.54) is 6.07 Å². The summed E-state index contributed by atoms with van der Waals surface area (Å²) in [4.78, 5) is 24.7. The van der Waals surface area contributed by atoms with Gasteiger partial charge in [0.05, 0.1) is 51.9 Å². The number of nitrogens with two attached hydrogens (primary N) is 1. The van der Waals surface area contributed by atoms with E-state index in [1.807, 2.05) is 35.0 Å². The maximum absolute atomic E-state index is 15.4. The van der Waals surface area contributed by atoms with E-state index >= 15 is 4.39 Å². The van der Waals surface area contributed by atoms with Gasteiger partial charge in [-0.05, 0) is 37.5 Å². The molecule has 3 saturated carbocycles. The Hall–Kier alpha value is -4.52. The number of carbonyl (C=O) groups excluding carboxylic acids is 1. The molecule has 3 aliphatic rings. The van der Waals surface area contributed by atoms with E-state index in [4.69, 9.17) is 5.73 Å². The van der Waals surface area contributed by atoms with Gasteiger partial charge >= 0.3 is 0 Å². The van der Waals surface area contributed by atoms with Gasteiger partial charge in [-0.3, -0.25) is 9.48 Å². The van der Waals surface area contributed by atoms with Crippen molar-refractivity contribution in [3.63, 3.8) is 0 Å². The van der Waals surface area contributed by atoms with Crippen molar-refractivity contribution in [1.29, 1.82) is 5.26 Å². The number of carbonyl (C=O) groups is 1. The van der Waals surface area contributed by atoms with Gasteiger partial charge in [0.15, 0.2) is 0 Å². The fourth-order valence-corrected chi connectivity index (χ4v) is 6.11. The minimum atomic E-state index is -0.664. The quantitative estimate of drug-likeness (QED) is 0.420. The number of aryl methyl sites for hydroxylation is 1. The first kappa shape index (κ1) is 20.8. The number of pyridine rings is 2. The minimum Gasteiger partial charge on any atom is -0.383 e. The third-order valence-corrected chi connectivity index (χ3v) is 7.82. The Labute approximate surface area is 204 Å². The maximum atomic E-state index is 15.4. The minimum absolute atomic E-state index is 0.0453. The fourth-order valence-electron chi connectivity index (χ4n) is 6.11. The molecule has 8 rings (SSSR count). The lowest BCUT2D eigenvalue weighted by molar-refractivity contribution is -0.172. The number of halogens is 1. The lowest BCUT2D eigenvalue weighted by Gasteiger charge is -2.70. The molecular formula is C26H21FN8O. The summed E-state index contributed by atoms with van der Waals surface area (Å²) in [6, 6.07) is 10.9. The lowest BCUT2D eigenvalue weighted by atomic mass is 9.39. The molecular weight excluding hydrogens is 459 g/mol. The van der Waals surface area contributed by atoms with Crippen LogP contribution in [0.5, 0.6) is 0 Å². The maximum Gasteiger partial charge on any atom is 0.257 e. The largest absolute Gasteiger partial charge is 0.383 e. The van der Waals surface area contributed by atoms with Gasteiger partial charge in [-0.2, -0.15) is 10.4 Å². The molecule has 10 heteroatoms. The van der Waals surface area contributed by atoms with Crippen molar-refractivity contribution in [3.8, 4) is 6.07 Å². The molecule has 2 bridgehead atoms. The van der Waals surface area contributed by atoms with Gasteiger partial charge in [0.25, 0.3) is 5.91 Å². The van der Waals surface area contributed by atoms with Crippen LogP contribution >= 0.6 is 0 Å². The molecule has 0 atom stereocenters. The normalized spacial score (nSPS) is 22.4. The van der Waals surface area contributed by atoms with Gasteiger partial charge in [-0.1, -0.05) is 6.07 Å². The highest BCUT2D eigenvalue weighted by Gasteiger charge is 2.72. The summed E-state index contributed by atoms with van der Waals surface area (Å²) >= 11 is 0. The molecule has 3 fully saturated rings. The van der Waals surface area contributed by atoms with E-state index in [2.05, 4.69) is 21.1 Å². The Morgan fingerprint density at radius 1 is 1.25 bits per heavy atom. The van der Waals surface area contributed by atoms with Crippen molar-refractivity contribution in [3.05, 3.63) is 66.0 Å². The topological polar surface area (TPSA) is 118 Å². The zero-order chi connectivity index (χ0) is 24.8. The van der Waals surface area contributed by atoms with E-state index in [1.54, 1.807) is 28.9 Å². The van der Waals surface area contributed by atoms with E-state index in [-0.39, 0.29) is 23.3 Å². The summed E-state index contributed by atoms with van der Waals surface area (Å²) in [7, 11) is 1.77. The molecule has 9 nitrogen and oxygen atoms in total. The van der Waals surface area contributed by atoms with Crippen LogP contribution in [-0.4, -0.2) is 40.5 Å². The number of rotatable bonds is 4. The SMILES string of the molecule is Cn1ncc2c(N)nc3cc(F)c(C(=O)N(Cc4cn5ccccc5n4)C45CC(C#N)(C4)C5)cc3c21. The van der Waals surface area contributed by atoms with E-state index in [9.17, 15) is 10.1 Å². The van der Waals surface area contributed by atoms with Crippen LogP contribution in [0, 0.1) is 22.6 Å². The fraction of sp³-hybridized carbons (Fsp3) is 0.269. The number of hydrogen-bond acceptors (Lipinski definition) is 6. The second-order valence-electron chi connectivity index (χ2n) is 10.1. The number of anilines is 1. The van der Waals surface area contributed by atoms with Crippen molar-refractivity contribution < 1.29 is 9.18 Å². The summed E-state index contributed by atoms with van der Waals surface area (Å²) in [5, 5.41) is 15.1. The first-order chi connectivity index (χ1) is 17.3. The van der Waals surface area contributed by atoms with Crippen LogP contribution in [0.25, 0.3) is 27.5 Å². The highest BCUT2D eigenvalue weighted by atomic mass is 19.1. The molecule has 36 heavy (non-hydrogen) atoms. The number of hydrogen-bond donors (Lipinski definition) is 1. The Balaban J connectivity index is 1.34. The number of aromatic nitrogens is 5. The van der Waals surface area contributed by atoms with Gasteiger partial charge in [0.2, 0.25) is 0 Å². The average Bonchev–Trinajstić information content (AvgIpc) is 3.40. The van der Waals surface area contributed by atoms with Crippen molar-refractivity contribution in [2.24, 2.45) is 12.5 Å². The van der Waals surface area contributed by atoms with Gasteiger partial charge in [-0.15, -0.1) is 0 Å². The third kappa shape index (κ3) is 2.68. The molecule has 0 radical (unpaired) electrons. The summed E-state index contributed by atoms with van der Waals surface area (Å²) in [5.74, 6) is -0.833. The molecule has 178 valence electrons.